The number of imidazole rings is 1. The average Bonchev–Trinajstić information content (AvgIpc) is 3.20. The smallest absolute Gasteiger partial charge is 0.352 e. The SMILES string of the molecule is COC(C(=O)O)(C(=O)O)c1cccc(-c2cn3c(n2)sc2ccccc23)c1.Cl. The third-order valence-electron chi connectivity index (χ3n) is 4.47. The second-order valence-electron chi connectivity index (χ2n) is 5.92. The molecule has 0 atom stereocenters. The number of para-hydroxylation sites is 1. The Labute approximate surface area is 169 Å². The zero-order valence-corrected chi connectivity index (χ0v) is 16.2. The van der Waals surface area contributed by atoms with Gasteiger partial charge in [0.05, 0.1) is 15.9 Å². The Morgan fingerprint density at radius 1 is 1.11 bits per heavy atom. The van der Waals surface area contributed by atoms with Gasteiger partial charge >= 0.3 is 11.9 Å². The summed E-state index contributed by atoms with van der Waals surface area (Å²) in [5, 5.41) is 19.0. The van der Waals surface area contributed by atoms with Crippen LogP contribution in [0.15, 0.2) is 54.7 Å². The number of carboxylic acid groups (broad SMARTS) is 2. The lowest BCUT2D eigenvalue weighted by Gasteiger charge is -2.23. The summed E-state index contributed by atoms with van der Waals surface area (Å²) in [6, 6.07) is 14.2. The molecule has 2 N–H and O–H groups in total. The molecule has 9 heteroatoms. The number of carbonyl (C=O) groups is 2. The van der Waals surface area contributed by atoms with E-state index >= 15 is 0 Å². The molecule has 4 rings (SSSR count). The van der Waals surface area contributed by atoms with Gasteiger partial charge in [-0.05, 0) is 18.2 Å². The summed E-state index contributed by atoms with van der Waals surface area (Å²) in [7, 11) is 1.06. The number of methoxy groups -OCH3 is 1. The minimum absolute atomic E-state index is 0. The van der Waals surface area contributed by atoms with Crippen molar-refractivity contribution in [1.29, 1.82) is 0 Å². The summed E-state index contributed by atoms with van der Waals surface area (Å²) in [6.45, 7) is 0. The maximum atomic E-state index is 11.7. The van der Waals surface area contributed by atoms with Crippen LogP contribution in [0.4, 0.5) is 0 Å². The summed E-state index contributed by atoms with van der Waals surface area (Å²) in [5.41, 5.74) is -0.204. The van der Waals surface area contributed by atoms with Gasteiger partial charge in [0, 0.05) is 24.4 Å². The highest BCUT2D eigenvalue weighted by Crippen LogP contribution is 2.32. The van der Waals surface area contributed by atoms with Gasteiger partial charge in [-0.1, -0.05) is 41.7 Å². The third kappa shape index (κ3) is 2.82. The molecule has 4 aromatic rings. The van der Waals surface area contributed by atoms with Crippen molar-refractivity contribution in [2.75, 3.05) is 7.11 Å². The van der Waals surface area contributed by atoms with E-state index in [2.05, 4.69) is 4.98 Å². The summed E-state index contributed by atoms with van der Waals surface area (Å²) in [4.78, 5) is 28.7. The van der Waals surface area contributed by atoms with E-state index in [1.807, 2.05) is 34.9 Å². The molecule has 2 aromatic heterocycles. The molecule has 0 amide bonds. The fourth-order valence-corrected chi connectivity index (χ4v) is 4.12. The van der Waals surface area contributed by atoms with Crippen molar-refractivity contribution in [3.63, 3.8) is 0 Å². The topological polar surface area (TPSA) is 101 Å². The van der Waals surface area contributed by atoms with Crippen LogP contribution < -0.4 is 0 Å². The monoisotopic (exact) mass is 418 g/mol. The average molecular weight is 419 g/mol. The summed E-state index contributed by atoms with van der Waals surface area (Å²) in [5.74, 6) is -3.18. The van der Waals surface area contributed by atoms with E-state index in [1.165, 1.54) is 12.1 Å². The number of nitrogens with zero attached hydrogens (tertiary/aromatic N) is 2. The zero-order valence-electron chi connectivity index (χ0n) is 14.5. The largest absolute Gasteiger partial charge is 0.478 e. The number of hydrogen-bond donors (Lipinski definition) is 2. The molecule has 0 saturated heterocycles. The Hall–Kier alpha value is -2.94. The van der Waals surface area contributed by atoms with Crippen LogP contribution >= 0.6 is 23.7 Å². The highest BCUT2D eigenvalue weighted by Gasteiger charge is 2.49. The molecule has 7 nitrogen and oxygen atoms in total. The van der Waals surface area contributed by atoms with E-state index in [-0.39, 0.29) is 18.0 Å². The first-order valence-corrected chi connectivity index (χ1v) is 8.78. The number of benzene rings is 2. The molecular formula is C19H15ClN2O5S. The van der Waals surface area contributed by atoms with Crippen LogP contribution in [0.2, 0.25) is 0 Å². The molecule has 0 aliphatic carbocycles. The van der Waals surface area contributed by atoms with E-state index in [4.69, 9.17) is 4.74 Å². The zero-order chi connectivity index (χ0) is 19.2. The summed E-state index contributed by atoms with van der Waals surface area (Å²) in [6.07, 6.45) is 1.85. The van der Waals surface area contributed by atoms with Crippen LogP contribution in [0.1, 0.15) is 5.56 Å². The number of aromatic nitrogens is 2. The number of aliphatic carboxylic acids is 2. The second kappa shape index (κ2) is 7.23. The number of hydrogen-bond acceptors (Lipinski definition) is 5. The Kier molecular flexibility index (Phi) is 5.12. The molecule has 0 spiro atoms. The number of thiazole rings is 1. The molecule has 0 aliphatic rings. The molecular weight excluding hydrogens is 404 g/mol. The Morgan fingerprint density at radius 2 is 1.82 bits per heavy atom. The molecule has 0 radical (unpaired) electrons. The molecule has 0 saturated carbocycles. The number of ether oxygens (including phenoxy) is 1. The van der Waals surface area contributed by atoms with E-state index < -0.39 is 17.5 Å². The van der Waals surface area contributed by atoms with Crippen molar-refractivity contribution in [1.82, 2.24) is 9.38 Å². The van der Waals surface area contributed by atoms with Gasteiger partial charge in [0.15, 0.2) is 4.96 Å². The van der Waals surface area contributed by atoms with Crippen molar-refractivity contribution in [3.8, 4) is 11.3 Å². The maximum Gasteiger partial charge on any atom is 0.352 e. The lowest BCUT2D eigenvalue weighted by atomic mass is 9.92. The van der Waals surface area contributed by atoms with E-state index in [9.17, 15) is 19.8 Å². The minimum atomic E-state index is -2.47. The fraction of sp³-hybridized carbons (Fsp3) is 0.105. The van der Waals surface area contributed by atoms with Gasteiger partial charge in [0.2, 0.25) is 0 Å². The molecule has 2 heterocycles. The second-order valence-corrected chi connectivity index (χ2v) is 6.93. The first-order valence-electron chi connectivity index (χ1n) is 7.97. The number of carboxylic acids is 2. The van der Waals surface area contributed by atoms with Gasteiger partial charge in [0.25, 0.3) is 5.60 Å². The van der Waals surface area contributed by atoms with Crippen LogP contribution in [-0.4, -0.2) is 38.6 Å². The van der Waals surface area contributed by atoms with E-state index in [0.29, 0.717) is 11.3 Å². The minimum Gasteiger partial charge on any atom is -0.478 e. The van der Waals surface area contributed by atoms with Gasteiger partial charge in [0.1, 0.15) is 0 Å². The highest BCUT2D eigenvalue weighted by molar-refractivity contribution is 7.23. The highest BCUT2D eigenvalue weighted by atomic mass is 35.5. The summed E-state index contributed by atoms with van der Waals surface area (Å²) >= 11 is 1.54. The summed E-state index contributed by atoms with van der Waals surface area (Å²) < 4.78 is 7.98. The van der Waals surface area contributed by atoms with Crippen LogP contribution in [0, 0.1) is 0 Å². The van der Waals surface area contributed by atoms with Gasteiger partial charge in [-0.15, -0.1) is 12.4 Å². The molecule has 144 valence electrons. The fourth-order valence-electron chi connectivity index (χ4n) is 3.12. The Balaban J connectivity index is 0.00000225. The number of rotatable bonds is 5. The lowest BCUT2D eigenvalue weighted by Crippen LogP contribution is -2.45. The van der Waals surface area contributed by atoms with Crippen molar-refractivity contribution in [2.45, 2.75) is 5.60 Å². The van der Waals surface area contributed by atoms with Crippen molar-refractivity contribution < 1.29 is 24.5 Å². The van der Waals surface area contributed by atoms with Crippen LogP contribution in [-0.2, 0) is 19.9 Å². The standard InChI is InChI=1S/C19H14N2O5S.ClH/c1-26-19(16(22)23,17(24)25)12-6-4-5-11(9-12)13-10-21-14-7-2-3-8-15(14)27-18(21)20-13;/h2-10H,1H3,(H,22,23)(H,24,25);1H. The van der Waals surface area contributed by atoms with Gasteiger partial charge in [-0.3, -0.25) is 4.40 Å². The number of fused-ring (bicyclic) bond motifs is 3. The Bertz CT molecular complexity index is 1190. The van der Waals surface area contributed by atoms with Crippen molar-refractivity contribution in [3.05, 3.63) is 60.3 Å². The van der Waals surface area contributed by atoms with Crippen molar-refractivity contribution in [2.24, 2.45) is 0 Å². The number of halogens is 1. The van der Waals surface area contributed by atoms with E-state index in [1.54, 1.807) is 23.5 Å². The van der Waals surface area contributed by atoms with Crippen LogP contribution in [0.3, 0.4) is 0 Å². The molecule has 0 bridgehead atoms. The predicted molar refractivity (Wildman–Crippen MR) is 107 cm³/mol. The third-order valence-corrected chi connectivity index (χ3v) is 5.51. The normalized spacial score (nSPS) is 11.5. The molecule has 0 unspecified atom stereocenters. The van der Waals surface area contributed by atoms with E-state index in [0.717, 1.165) is 22.3 Å². The quantitative estimate of drug-likeness (QED) is 0.480. The van der Waals surface area contributed by atoms with Crippen LogP contribution in [0.25, 0.3) is 26.4 Å². The van der Waals surface area contributed by atoms with Gasteiger partial charge < -0.3 is 14.9 Å². The molecule has 0 aliphatic heterocycles. The molecule has 28 heavy (non-hydrogen) atoms. The van der Waals surface area contributed by atoms with Crippen LogP contribution in [0.5, 0.6) is 0 Å². The predicted octanol–water partition coefficient (Wildman–Crippen LogP) is 3.65. The lowest BCUT2D eigenvalue weighted by molar-refractivity contribution is -0.181. The molecule has 0 fully saturated rings. The van der Waals surface area contributed by atoms with Crippen molar-refractivity contribution >= 4 is 50.9 Å². The van der Waals surface area contributed by atoms with Gasteiger partial charge in [-0.2, -0.15) is 0 Å². The first kappa shape index (κ1) is 19.8. The van der Waals surface area contributed by atoms with Gasteiger partial charge in [-0.25, -0.2) is 14.6 Å². The Morgan fingerprint density at radius 3 is 2.50 bits per heavy atom. The maximum absolute atomic E-state index is 11.7. The molecule has 2 aromatic carbocycles. The first-order chi connectivity index (χ1) is 13.0.